The van der Waals surface area contributed by atoms with Crippen LogP contribution in [0.25, 0.3) is 0 Å². The summed E-state index contributed by atoms with van der Waals surface area (Å²) >= 11 is 5.76. The Morgan fingerprint density at radius 2 is 2.15 bits per heavy atom. The van der Waals surface area contributed by atoms with E-state index >= 15 is 0 Å². The molecule has 0 amide bonds. The molecule has 0 aromatic heterocycles. The maximum atomic E-state index is 12.5. The van der Waals surface area contributed by atoms with E-state index in [1.54, 1.807) is 0 Å². The van der Waals surface area contributed by atoms with Crippen molar-refractivity contribution in [2.45, 2.75) is 23.8 Å². The van der Waals surface area contributed by atoms with Crippen molar-refractivity contribution in [3.8, 4) is 0 Å². The molecule has 1 atom stereocenters. The van der Waals surface area contributed by atoms with Gasteiger partial charge in [0.25, 0.3) is 5.69 Å². The van der Waals surface area contributed by atoms with Crippen LogP contribution in [-0.4, -0.2) is 36.8 Å². The predicted octanol–water partition coefficient (Wildman–Crippen LogP) is 1.36. The fourth-order valence-corrected chi connectivity index (χ4v) is 4.13. The molecule has 2 rings (SSSR count). The monoisotopic (exact) mass is 319 g/mol. The van der Waals surface area contributed by atoms with E-state index in [2.05, 4.69) is 0 Å². The molecule has 0 saturated carbocycles. The Labute approximate surface area is 121 Å². The van der Waals surface area contributed by atoms with Crippen LogP contribution in [0.15, 0.2) is 23.1 Å². The summed E-state index contributed by atoms with van der Waals surface area (Å²) in [4.78, 5) is 9.87. The fourth-order valence-electron chi connectivity index (χ4n) is 2.18. The normalized spacial score (nSPS) is 20.8. The second-order valence-electron chi connectivity index (χ2n) is 4.63. The molecule has 9 heteroatoms. The number of benzene rings is 1. The van der Waals surface area contributed by atoms with Gasteiger partial charge in [0.2, 0.25) is 10.0 Å². The zero-order valence-electron chi connectivity index (χ0n) is 10.5. The summed E-state index contributed by atoms with van der Waals surface area (Å²) in [6.45, 7) is 0.464. The van der Waals surface area contributed by atoms with Crippen LogP contribution in [0, 0.1) is 10.1 Å². The Hall–Kier alpha value is -1.22. The first kappa shape index (κ1) is 15.2. The lowest BCUT2D eigenvalue weighted by Gasteiger charge is -2.29. The molecule has 0 bridgehead atoms. The molecule has 0 spiro atoms. The number of nitrogens with two attached hydrogens (primary N) is 1. The van der Waals surface area contributed by atoms with Crippen LogP contribution in [0.1, 0.15) is 12.8 Å². The van der Waals surface area contributed by atoms with Gasteiger partial charge in [-0.1, -0.05) is 11.6 Å². The molecule has 1 fully saturated rings. The first-order chi connectivity index (χ1) is 9.32. The largest absolute Gasteiger partial charge is 0.327 e. The third kappa shape index (κ3) is 2.93. The second kappa shape index (κ2) is 5.65. The molecular formula is C11H14ClN3O4S. The highest BCUT2D eigenvalue weighted by Crippen LogP contribution is 2.30. The van der Waals surface area contributed by atoms with E-state index in [-0.39, 0.29) is 22.5 Å². The van der Waals surface area contributed by atoms with Crippen LogP contribution in [-0.2, 0) is 10.0 Å². The predicted molar refractivity (Wildman–Crippen MR) is 74.1 cm³/mol. The van der Waals surface area contributed by atoms with E-state index in [4.69, 9.17) is 17.3 Å². The number of nitrogens with zero attached hydrogens (tertiary/aromatic N) is 2. The molecule has 1 aliphatic heterocycles. The van der Waals surface area contributed by atoms with Crippen molar-refractivity contribution in [2.75, 3.05) is 13.1 Å². The van der Waals surface area contributed by atoms with E-state index in [0.29, 0.717) is 13.0 Å². The topological polar surface area (TPSA) is 107 Å². The van der Waals surface area contributed by atoms with Gasteiger partial charge >= 0.3 is 0 Å². The van der Waals surface area contributed by atoms with Crippen LogP contribution in [0.4, 0.5) is 5.69 Å². The van der Waals surface area contributed by atoms with Crippen LogP contribution >= 0.6 is 11.6 Å². The quantitative estimate of drug-likeness (QED) is 0.668. The number of hydrogen-bond acceptors (Lipinski definition) is 5. The molecule has 0 radical (unpaired) electrons. The van der Waals surface area contributed by atoms with Crippen molar-refractivity contribution in [1.29, 1.82) is 0 Å². The van der Waals surface area contributed by atoms with Crippen molar-refractivity contribution in [3.05, 3.63) is 33.3 Å². The van der Waals surface area contributed by atoms with Crippen molar-refractivity contribution in [2.24, 2.45) is 5.73 Å². The minimum absolute atomic E-state index is 0.135. The Kier molecular flexibility index (Phi) is 4.28. The average molecular weight is 320 g/mol. The van der Waals surface area contributed by atoms with Gasteiger partial charge in [0, 0.05) is 30.2 Å². The molecular weight excluding hydrogens is 306 g/mol. The summed E-state index contributed by atoms with van der Waals surface area (Å²) < 4.78 is 26.2. The van der Waals surface area contributed by atoms with Crippen molar-refractivity contribution >= 4 is 27.3 Å². The van der Waals surface area contributed by atoms with Crippen LogP contribution in [0.3, 0.4) is 0 Å². The first-order valence-electron chi connectivity index (χ1n) is 6.02. The third-order valence-corrected chi connectivity index (χ3v) is 5.29. The highest BCUT2D eigenvalue weighted by molar-refractivity contribution is 7.89. The van der Waals surface area contributed by atoms with Gasteiger partial charge in [-0.25, -0.2) is 8.42 Å². The van der Waals surface area contributed by atoms with Crippen LogP contribution in [0.5, 0.6) is 0 Å². The molecule has 2 N–H and O–H groups in total. The van der Waals surface area contributed by atoms with Crippen LogP contribution < -0.4 is 5.73 Å². The highest BCUT2D eigenvalue weighted by atomic mass is 35.5. The Morgan fingerprint density at radius 3 is 2.75 bits per heavy atom. The molecule has 1 heterocycles. The molecule has 1 aliphatic rings. The number of rotatable bonds is 3. The van der Waals surface area contributed by atoms with Gasteiger partial charge in [-0.3, -0.25) is 10.1 Å². The Bertz CT molecular complexity index is 635. The molecule has 110 valence electrons. The molecule has 1 unspecified atom stereocenters. The summed E-state index contributed by atoms with van der Waals surface area (Å²) in [7, 11) is -3.97. The highest BCUT2D eigenvalue weighted by Gasteiger charge is 2.34. The van der Waals surface area contributed by atoms with Crippen LogP contribution in [0.2, 0.25) is 5.02 Å². The summed E-state index contributed by atoms with van der Waals surface area (Å²) in [6.07, 6.45) is 1.37. The number of sulfonamides is 1. The van der Waals surface area contributed by atoms with Gasteiger partial charge in [-0.2, -0.15) is 4.31 Å². The first-order valence-corrected chi connectivity index (χ1v) is 7.84. The standard InChI is InChI=1S/C11H14ClN3O4S/c12-8-3-4-10(15(16)17)11(6-8)20(18,19)14-5-1-2-9(13)7-14/h3-4,6,9H,1-2,5,7,13H2. The van der Waals surface area contributed by atoms with Gasteiger partial charge in [0.1, 0.15) is 0 Å². The van der Waals surface area contributed by atoms with E-state index in [9.17, 15) is 18.5 Å². The third-order valence-electron chi connectivity index (χ3n) is 3.16. The van der Waals surface area contributed by atoms with Crippen molar-refractivity contribution in [3.63, 3.8) is 0 Å². The maximum absolute atomic E-state index is 12.5. The Morgan fingerprint density at radius 1 is 1.45 bits per heavy atom. The SMILES string of the molecule is NC1CCCN(S(=O)(=O)c2cc(Cl)ccc2[N+](=O)[O-])C1. The van der Waals surface area contributed by atoms with Crippen molar-refractivity contribution in [1.82, 2.24) is 4.31 Å². The second-order valence-corrected chi connectivity index (χ2v) is 6.98. The number of nitro benzene ring substituents is 1. The Balaban J connectivity index is 2.48. The van der Waals surface area contributed by atoms with Gasteiger partial charge in [0.05, 0.1) is 4.92 Å². The summed E-state index contributed by atoms with van der Waals surface area (Å²) in [6, 6.07) is 3.24. The zero-order valence-corrected chi connectivity index (χ0v) is 12.1. The lowest BCUT2D eigenvalue weighted by atomic mass is 10.1. The van der Waals surface area contributed by atoms with Gasteiger partial charge in [-0.05, 0) is 25.0 Å². The molecule has 1 aromatic carbocycles. The number of halogens is 1. The molecule has 1 aromatic rings. The molecule has 0 aliphatic carbocycles. The minimum atomic E-state index is -3.97. The van der Waals surface area contributed by atoms with E-state index in [0.717, 1.165) is 18.6 Å². The minimum Gasteiger partial charge on any atom is -0.327 e. The summed E-state index contributed by atoms with van der Waals surface area (Å²) in [5.41, 5.74) is 5.28. The van der Waals surface area contributed by atoms with E-state index in [1.807, 2.05) is 0 Å². The molecule has 7 nitrogen and oxygen atoms in total. The van der Waals surface area contributed by atoms with E-state index in [1.165, 1.54) is 10.4 Å². The number of nitro groups is 1. The molecule has 20 heavy (non-hydrogen) atoms. The number of hydrogen-bond donors (Lipinski definition) is 1. The average Bonchev–Trinajstić information content (AvgIpc) is 2.38. The van der Waals surface area contributed by atoms with E-state index < -0.39 is 20.6 Å². The van der Waals surface area contributed by atoms with Crippen molar-refractivity contribution < 1.29 is 13.3 Å². The lowest BCUT2D eigenvalue weighted by molar-refractivity contribution is -0.387. The lowest BCUT2D eigenvalue weighted by Crippen LogP contribution is -2.45. The summed E-state index contributed by atoms with van der Waals surface area (Å²) in [5, 5.41) is 11.1. The smallest absolute Gasteiger partial charge is 0.289 e. The van der Waals surface area contributed by atoms with Gasteiger partial charge < -0.3 is 5.73 Å². The molecule has 1 saturated heterocycles. The zero-order chi connectivity index (χ0) is 14.9. The van der Waals surface area contributed by atoms with Gasteiger partial charge in [0.15, 0.2) is 4.90 Å². The maximum Gasteiger partial charge on any atom is 0.289 e. The summed E-state index contributed by atoms with van der Waals surface area (Å²) in [5.74, 6) is 0. The number of piperidine rings is 1. The van der Waals surface area contributed by atoms with Gasteiger partial charge in [-0.15, -0.1) is 0 Å². The fraction of sp³-hybridized carbons (Fsp3) is 0.455.